The highest BCUT2D eigenvalue weighted by Gasteiger charge is 2.37. The van der Waals surface area contributed by atoms with Crippen LogP contribution in [0.2, 0.25) is 0 Å². The number of H-pyrrole nitrogens is 1. The average Bonchev–Trinajstić information content (AvgIpc) is 3.09. The fourth-order valence-corrected chi connectivity index (χ4v) is 5.96. The number of aromatic amines is 1. The van der Waals surface area contributed by atoms with E-state index in [-0.39, 0.29) is 47.1 Å². The van der Waals surface area contributed by atoms with Crippen LogP contribution in [0.5, 0.6) is 0 Å². The van der Waals surface area contributed by atoms with Crippen molar-refractivity contribution in [2.45, 2.75) is 70.4 Å². The number of rotatable bonds is 5. The second-order valence-electron chi connectivity index (χ2n) is 9.02. The molecule has 4 heterocycles. The lowest BCUT2D eigenvalue weighted by Gasteiger charge is -2.36. The van der Waals surface area contributed by atoms with E-state index in [4.69, 9.17) is 9.84 Å². The summed E-state index contributed by atoms with van der Waals surface area (Å²) in [6, 6.07) is -0.000247. The molecule has 11 heteroatoms. The number of hydrogen-bond donors (Lipinski definition) is 3. The number of aliphatic carboxylic acids is 1. The van der Waals surface area contributed by atoms with Gasteiger partial charge in [-0.25, -0.2) is 0 Å². The van der Waals surface area contributed by atoms with Crippen LogP contribution in [0.15, 0.2) is 4.79 Å². The van der Waals surface area contributed by atoms with Gasteiger partial charge in [0.25, 0.3) is 5.56 Å². The first-order valence-corrected chi connectivity index (χ1v) is 11.8. The van der Waals surface area contributed by atoms with Crippen molar-refractivity contribution in [3.8, 4) is 0 Å². The third-order valence-electron chi connectivity index (χ3n) is 6.14. The Morgan fingerprint density at radius 1 is 1.31 bits per heavy atom. The summed E-state index contributed by atoms with van der Waals surface area (Å²) in [4.78, 5) is 36.8. The number of thioether (sulfide) groups is 1. The lowest BCUT2D eigenvalue weighted by Crippen LogP contribution is -2.36. The van der Waals surface area contributed by atoms with Gasteiger partial charge in [-0.15, -0.1) is 11.8 Å². The molecule has 2 aromatic heterocycles. The lowest BCUT2D eigenvalue weighted by molar-refractivity contribution is -0.137. The Labute approximate surface area is 189 Å². The van der Waals surface area contributed by atoms with Gasteiger partial charge in [-0.3, -0.25) is 28.8 Å². The zero-order valence-electron chi connectivity index (χ0n) is 18.7. The Hall–Kier alpha value is -2.53. The molecule has 1 saturated heterocycles. The van der Waals surface area contributed by atoms with Crippen LogP contribution in [0, 0.1) is 13.8 Å². The van der Waals surface area contributed by atoms with Gasteiger partial charge in [0.15, 0.2) is 0 Å². The molecule has 2 aliphatic rings. The maximum atomic E-state index is 13.2. The van der Waals surface area contributed by atoms with E-state index in [1.54, 1.807) is 9.36 Å². The number of carbonyl (C=O) groups excluding carboxylic acids is 1. The molecule has 0 aliphatic carbocycles. The Morgan fingerprint density at radius 2 is 2.06 bits per heavy atom. The summed E-state index contributed by atoms with van der Waals surface area (Å²) < 4.78 is 9.30. The van der Waals surface area contributed by atoms with E-state index in [2.05, 4.69) is 15.5 Å². The summed E-state index contributed by atoms with van der Waals surface area (Å²) in [5, 5.41) is 19.1. The molecule has 0 unspecified atom stereocenters. The fourth-order valence-electron chi connectivity index (χ4n) is 4.68. The number of nitrogens with one attached hydrogen (secondary N) is 2. The number of carboxylic acids is 1. The first-order valence-electron chi connectivity index (χ1n) is 10.7. The fraction of sp³-hybridized carbons (Fsp3) is 0.619. The zero-order chi connectivity index (χ0) is 23.2. The van der Waals surface area contributed by atoms with Crippen molar-refractivity contribution >= 4 is 29.5 Å². The monoisotopic (exact) mass is 463 g/mol. The number of aryl methyl sites for hydroxylation is 2. The van der Waals surface area contributed by atoms with Crippen LogP contribution in [-0.4, -0.2) is 54.5 Å². The predicted octanol–water partition coefficient (Wildman–Crippen LogP) is 2.37. The number of amides is 1. The van der Waals surface area contributed by atoms with Crippen molar-refractivity contribution < 1.29 is 19.4 Å². The van der Waals surface area contributed by atoms with Crippen molar-refractivity contribution in [1.82, 2.24) is 19.6 Å². The summed E-state index contributed by atoms with van der Waals surface area (Å²) >= 11 is 1.39. The molecule has 2 aromatic rings. The number of fused-ring (bicyclic) bond motifs is 1. The number of hydrogen-bond acceptors (Lipinski definition) is 6. The third-order valence-corrected chi connectivity index (χ3v) is 7.37. The van der Waals surface area contributed by atoms with Gasteiger partial charge in [0.05, 0.1) is 46.9 Å². The first-order chi connectivity index (χ1) is 15.1. The summed E-state index contributed by atoms with van der Waals surface area (Å²) in [7, 11) is 0. The minimum atomic E-state index is -0.895. The van der Waals surface area contributed by atoms with Gasteiger partial charge in [-0.1, -0.05) is 0 Å². The van der Waals surface area contributed by atoms with Gasteiger partial charge >= 0.3 is 5.97 Å². The number of aromatic nitrogens is 4. The number of nitrogens with zero attached hydrogens (tertiary/aromatic N) is 3. The normalized spacial score (nSPS) is 22.8. The van der Waals surface area contributed by atoms with E-state index in [0.29, 0.717) is 24.4 Å². The summed E-state index contributed by atoms with van der Waals surface area (Å²) in [5.74, 6) is -0.342. The molecule has 1 amide bonds. The van der Waals surface area contributed by atoms with Crippen molar-refractivity contribution in [2.24, 2.45) is 0 Å². The molecule has 2 atom stereocenters. The quantitative estimate of drug-likeness (QED) is 0.620. The van der Waals surface area contributed by atoms with Crippen LogP contribution < -0.4 is 10.9 Å². The van der Waals surface area contributed by atoms with E-state index < -0.39 is 5.97 Å². The van der Waals surface area contributed by atoms with Crippen LogP contribution in [0.3, 0.4) is 0 Å². The van der Waals surface area contributed by atoms with E-state index in [1.807, 2.05) is 27.7 Å². The zero-order valence-corrected chi connectivity index (χ0v) is 19.5. The highest BCUT2D eigenvalue weighted by Crippen LogP contribution is 2.44. The first kappa shape index (κ1) is 22.7. The van der Waals surface area contributed by atoms with Crippen molar-refractivity contribution in [1.29, 1.82) is 0 Å². The second-order valence-corrected chi connectivity index (χ2v) is 10.1. The topological polar surface area (TPSA) is 131 Å². The third kappa shape index (κ3) is 4.23. The number of ether oxygens (including phenoxy) is 1. The standard InChI is InChI=1S/C21H29N5O5S/c1-11-16(12(2)25(23-11)7-5-15(28)29)18-17-19(22-14(27)10-32-18)26(24-20(17)30)13-6-8-31-21(3,4)9-13/h13,18H,5-10H2,1-4H3,(H,22,27)(H,24,30)(H,28,29)/t13-,18-/m1/s1. The molecule has 0 saturated carbocycles. The van der Waals surface area contributed by atoms with Crippen LogP contribution in [0.25, 0.3) is 0 Å². The molecule has 0 spiro atoms. The van der Waals surface area contributed by atoms with Gasteiger partial charge in [0, 0.05) is 17.9 Å². The average molecular weight is 464 g/mol. The largest absolute Gasteiger partial charge is 0.481 e. The van der Waals surface area contributed by atoms with Crippen LogP contribution in [0.1, 0.15) is 66.9 Å². The molecule has 0 bridgehead atoms. The van der Waals surface area contributed by atoms with Gasteiger partial charge in [0.1, 0.15) is 5.82 Å². The predicted molar refractivity (Wildman–Crippen MR) is 120 cm³/mol. The molecule has 2 aliphatic heterocycles. The molecule has 3 N–H and O–H groups in total. The molecular formula is C21H29N5O5S. The second kappa shape index (κ2) is 8.43. The SMILES string of the molecule is Cc1nn(CCC(=O)O)c(C)c1[C@H]1SCC(=O)Nc2c1c(=O)[nH]n2[C@@H]1CCOC(C)(C)C1. The molecule has 174 valence electrons. The Bertz CT molecular complexity index is 1110. The summed E-state index contributed by atoms with van der Waals surface area (Å²) in [6.07, 6.45) is 1.41. The van der Waals surface area contributed by atoms with Gasteiger partial charge in [-0.05, 0) is 40.5 Å². The maximum Gasteiger partial charge on any atom is 0.305 e. The van der Waals surface area contributed by atoms with Crippen molar-refractivity contribution in [3.05, 3.63) is 32.9 Å². The van der Waals surface area contributed by atoms with E-state index in [9.17, 15) is 14.4 Å². The van der Waals surface area contributed by atoms with Gasteiger partial charge in [0.2, 0.25) is 5.91 Å². The van der Waals surface area contributed by atoms with Crippen molar-refractivity contribution in [3.63, 3.8) is 0 Å². The lowest BCUT2D eigenvalue weighted by atomic mass is 9.94. The molecule has 1 fully saturated rings. The molecule has 0 aromatic carbocycles. The minimum absolute atomic E-state index is 0.000247. The summed E-state index contributed by atoms with van der Waals surface area (Å²) in [6.45, 7) is 8.60. The van der Waals surface area contributed by atoms with Crippen LogP contribution in [0.4, 0.5) is 5.82 Å². The van der Waals surface area contributed by atoms with E-state index in [0.717, 1.165) is 23.4 Å². The Morgan fingerprint density at radius 3 is 2.75 bits per heavy atom. The van der Waals surface area contributed by atoms with Gasteiger partial charge < -0.3 is 15.2 Å². The van der Waals surface area contributed by atoms with Crippen LogP contribution in [-0.2, 0) is 20.9 Å². The minimum Gasteiger partial charge on any atom is -0.481 e. The number of carboxylic acid groups (broad SMARTS) is 1. The van der Waals surface area contributed by atoms with E-state index in [1.165, 1.54) is 11.8 Å². The van der Waals surface area contributed by atoms with Gasteiger partial charge in [-0.2, -0.15) is 5.10 Å². The van der Waals surface area contributed by atoms with E-state index >= 15 is 0 Å². The van der Waals surface area contributed by atoms with Crippen LogP contribution >= 0.6 is 11.8 Å². The highest BCUT2D eigenvalue weighted by molar-refractivity contribution is 8.00. The molecule has 0 radical (unpaired) electrons. The number of anilines is 1. The summed E-state index contributed by atoms with van der Waals surface area (Å²) in [5.41, 5.74) is 2.34. The smallest absolute Gasteiger partial charge is 0.305 e. The van der Waals surface area contributed by atoms with Crippen molar-refractivity contribution in [2.75, 3.05) is 17.7 Å². The molecule has 32 heavy (non-hydrogen) atoms. The number of carbonyl (C=O) groups is 2. The highest BCUT2D eigenvalue weighted by atomic mass is 32.2. The molecule has 4 rings (SSSR count). The maximum absolute atomic E-state index is 13.2. The Balaban J connectivity index is 1.78. The Kier molecular flexibility index (Phi) is 5.97. The molecule has 10 nitrogen and oxygen atoms in total. The molecular weight excluding hydrogens is 434 g/mol.